The molecule has 1 rings (SSSR count). The van der Waals surface area contributed by atoms with Crippen molar-refractivity contribution in [2.75, 3.05) is 7.11 Å². The average Bonchev–Trinajstić information content (AvgIpc) is 2.12. The molecule has 68 valence electrons. The molecule has 4 heteroatoms. The van der Waals surface area contributed by atoms with E-state index in [4.69, 9.17) is 10.00 Å². The largest absolute Gasteiger partial charge is 0.503 e. The zero-order valence-corrected chi connectivity index (χ0v) is 8.84. The third-order valence-corrected chi connectivity index (χ3v) is 2.62. The fourth-order valence-electron chi connectivity index (χ4n) is 1.00. The second-order valence-corrected chi connectivity index (χ2v) is 3.38. The molecule has 0 heterocycles. The van der Waals surface area contributed by atoms with Crippen LogP contribution in [-0.4, -0.2) is 12.2 Å². The number of phenols is 1. The lowest BCUT2D eigenvalue weighted by atomic mass is 10.1. The Kier molecular flexibility index (Phi) is 2.79. The first-order valence-electron chi connectivity index (χ1n) is 3.58. The summed E-state index contributed by atoms with van der Waals surface area (Å²) in [5.41, 5.74) is 0.951. The lowest BCUT2D eigenvalue weighted by molar-refractivity contribution is 0.372. The minimum absolute atomic E-state index is 0.106. The maximum atomic E-state index is 9.53. The van der Waals surface area contributed by atoms with E-state index < -0.39 is 0 Å². The Morgan fingerprint density at radius 2 is 2.23 bits per heavy atom. The molecule has 1 N–H and O–H groups in total. The van der Waals surface area contributed by atoms with Crippen LogP contribution in [0.4, 0.5) is 0 Å². The van der Waals surface area contributed by atoms with Crippen molar-refractivity contribution in [1.29, 1.82) is 5.26 Å². The topological polar surface area (TPSA) is 53.2 Å². The number of ether oxygens (including phenoxy) is 1. The molecule has 0 unspecified atom stereocenters. The van der Waals surface area contributed by atoms with Gasteiger partial charge in [-0.2, -0.15) is 5.26 Å². The summed E-state index contributed by atoms with van der Waals surface area (Å²) >= 11 is 3.27. The van der Waals surface area contributed by atoms with Crippen molar-refractivity contribution in [3.63, 3.8) is 0 Å². The van der Waals surface area contributed by atoms with Crippen molar-refractivity contribution in [2.45, 2.75) is 6.92 Å². The van der Waals surface area contributed by atoms with Crippen molar-refractivity contribution in [3.8, 4) is 17.6 Å². The molecule has 0 atom stereocenters. The molecule has 0 saturated carbocycles. The molecular weight excluding hydrogens is 234 g/mol. The number of methoxy groups -OCH3 is 1. The molecule has 1 aromatic carbocycles. The molecule has 0 aliphatic rings. The van der Waals surface area contributed by atoms with Gasteiger partial charge in [-0.25, -0.2) is 0 Å². The highest BCUT2D eigenvalue weighted by atomic mass is 79.9. The molecule has 0 amide bonds. The Morgan fingerprint density at radius 3 is 2.69 bits per heavy atom. The lowest BCUT2D eigenvalue weighted by Gasteiger charge is -2.08. The average molecular weight is 242 g/mol. The summed E-state index contributed by atoms with van der Waals surface area (Å²) in [7, 11) is 1.44. The van der Waals surface area contributed by atoms with Crippen LogP contribution in [0.2, 0.25) is 0 Å². The number of hydrogen-bond donors (Lipinski definition) is 1. The predicted octanol–water partition coefficient (Wildman–Crippen LogP) is 2.34. The Morgan fingerprint density at radius 1 is 1.62 bits per heavy atom. The monoisotopic (exact) mass is 241 g/mol. The van der Waals surface area contributed by atoms with Crippen LogP contribution in [0.5, 0.6) is 11.5 Å². The highest BCUT2D eigenvalue weighted by Crippen LogP contribution is 2.36. The van der Waals surface area contributed by atoms with Crippen LogP contribution in [0.1, 0.15) is 11.1 Å². The van der Waals surface area contributed by atoms with E-state index in [2.05, 4.69) is 15.9 Å². The highest BCUT2D eigenvalue weighted by molar-refractivity contribution is 9.10. The molecule has 0 aromatic heterocycles. The van der Waals surface area contributed by atoms with E-state index in [-0.39, 0.29) is 11.3 Å². The summed E-state index contributed by atoms with van der Waals surface area (Å²) in [5, 5.41) is 18.3. The lowest BCUT2D eigenvalue weighted by Crippen LogP contribution is -1.90. The van der Waals surface area contributed by atoms with Crippen LogP contribution < -0.4 is 4.74 Å². The third-order valence-electron chi connectivity index (χ3n) is 1.79. The second-order valence-electron chi connectivity index (χ2n) is 2.52. The molecule has 0 aliphatic heterocycles. The molecule has 13 heavy (non-hydrogen) atoms. The van der Waals surface area contributed by atoms with E-state index in [0.717, 1.165) is 4.47 Å². The smallest absolute Gasteiger partial charge is 0.176 e. The third kappa shape index (κ3) is 1.61. The normalized spacial score (nSPS) is 9.38. The fourth-order valence-corrected chi connectivity index (χ4v) is 1.41. The summed E-state index contributed by atoms with van der Waals surface area (Å²) in [4.78, 5) is 0. The van der Waals surface area contributed by atoms with E-state index in [1.807, 2.05) is 6.07 Å². The first-order chi connectivity index (χ1) is 6.11. The number of phenolic OH excluding ortho intramolecular Hbond substituents is 1. The van der Waals surface area contributed by atoms with Crippen molar-refractivity contribution in [2.24, 2.45) is 0 Å². The molecule has 0 bridgehead atoms. The predicted molar refractivity (Wildman–Crippen MR) is 51.8 cm³/mol. The first kappa shape index (κ1) is 9.87. The van der Waals surface area contributed by atoms with Gasteiger partial charge in [-0.1, -0.05) is 15.9 Å². The standard InChI is InChI=1S/C9H8BrNO2/c1-5-6(4-11)9(12)8(13-2)3-7(5)10/h3,12H,1-2H3. The Balaban J connectivity index is 3.50. The number of halogens is 1. The van der Waals surface area contributed by atoms with Gasteiger partial charge in [0.25, 0.3) is 0 Å². The van der Waals surface area contributed by atoms with Crippen LogP contribution in [0.3, 0.4) is 0 Å². The van der Waals surface area contributed by atoms with Crippen molar-refractivity contribution in [1.82, 2.24) is 0 Å². The molecule has 0 fully saturated rings. The van der Waals surface area contributed by atoms with Crippen molar-refractivity contribution in [3.05, 3.63) is 21.7 Å². The Labute approximate surface area is 84.7 Å². The molecule has 0 spiro atoms. The summed E-state index contributed by atoms with van der Waals surface area (Å²) < 4.78 is 5.64. The zero-order chi connectivity index (χ0) is 10.0. The fraction of sp³-hybridized carbons (Fsp3) is 0.222. The summed E-state index contributed by atoms with van der Waals surface area (Å²) in [6.07, 6.45) is 0. The number of nitriles is 1. The molecule has 1 aromatic rings. The number of benzene rings is 1. The molecule has 0 aliphatic carbocycles. The van der Waals surface area contributed by atoms with Gasteiger partial charge < -0.3 is 9.84 Å². The molecule has 0 saturated heterocycles. The van der Waals surface area contributed by atoms with Crippen LogP contribution in [0.15, 0.2) is 10.5 Å². The van der Waals surface area contributed by atoms with E-state index in [1.165, 1.54) is 7.11 Å². The quantitative estimate of drug-likeness (QED) is 0.822. The van der Waals surface area contributed by atoms with Gasteiger partial charge in [0, 0.05) is 4.47 Å². The van der Waals surface area contributed by atoms with Gasteiger partial charge >= 0.3 is 0 Å². The van der Waals surface area contributed by atoms with E-state index in [9.17, 15) is 5.11 Å². The summed E-state index contributed by atoms with van der Waals surface area (Å²) in [6, 6.07) is 3.55. The molecule has 0 radical (unpaired) electrons. The van der Waals surface area contributed by atoms with Crippen LogP contribution in [0, 0.1) is 18.3 Å². The van der Waals surface area contributed by atoms with E-state index >= 15 is 0 Å². The van der Waals surface area contributed by atoms with Crippen LogP contribution in [0.25, 0.3) is 0 Å². The zero-order valence-electron chi connectivity index (χ0n) is 7.26. The maximum Gasteiger partial charge on any atom is 0.176 e. The minimum atomic E-state index is -0.106. The van der Waals surface area contributed by atoms with Crippen LogP contribution >= 0.6 is 15.9 Å². The van der Waals surface area contributed by atoms with Gasteiger partial charge in [-0.05, 0) is 18.6 Å². The van der Waals surface area contributed by atoms with Crippen molar-refractivity contribution >= 4 is 15.9 Å². The molecule has 3 nitrogen and oxygen atoms in total. The second kappa shape index (κ2) is 3.67. The Hall–Kier alpha value is -1.21. The number of nitrogens with zero attached hydrogens (tertiary/aromatic N) is 1. The van der Waals surface area contributed by atoms with Gasteiger partial charge in [-0.15, -0.1) is 0 Å². The maximum absolute atomic E-state index is 9.53. The summed E-state index contributed by atoms with van der Waals surface area (Å²) in [6.45, 7) is 1.75. The van der Waals surface area contributed by atoms with Gasteiger partial charge in [0.2, 0.25) is 0 Å². The Bertz CT molecular complexity index is 382. The number of hydrogen-bond acceptors (Lipinski definition) is 3. The van der Waals surface area contributed by atoms with E-state index in [0.29, 0.717) is 11.3 Å². The highest BCUT2D eigenvalue weighted by Gasteiger charge is 2.13. The van der Waals surface area contributed by atoms with Gasteiger partial charge in [0.1, 0.15) is 11.6 Å². The van der Waals surface area contributed by atoms with Gasteiger partial charge in [0.05, 0.1) is 7.11 Å². The van der Waals surface area contributed by atoms with E-state index in [1.54, 1.807) is 13.0 Å². The minimum Gasteiger partial charge on any atom is -0.503 e. The summed E-state index contributed by atoms with van der Waals surface area (Å²) in [5.74, 6) is 0.194. The van der Waals surface area contributed by atoms with Crippen LogP contribution in [-0.2, 0) is 0 Å². The number of aromatic hydroxyl groups is 1. The molecular formula is C9H8BrNO2. The van der Waals surface area contributed by atoms with Gasteiger partial charge in [-0.3, -0.25) is 0 Å². The van der Waals surface area contributed by atoms with Gasteiger partial charge in [0.15, 0.2) is 11.5 Å². The first-order valence-corrected chi connectivity index (χ1v) is 4.37. The SMILES string of the molecule is COc1cc(Br)c(C)c(C#N)c1O. The number of rotatable bonds is 1. The van der Waals surface area contributed by atoms with Crippen molar-refractivity contribution < 1.29 is 9.84 Å².